The van der Waals surface area contributed by atoms with Crippen molar-refractivity contribution in [3.8, 4) is 0 Å². The third-order valence-electron chi connectivity index (χ3n) is 14.3. The topological polar surface area (TPSA) is 114 Å². The summed E-state index contributed by atoms with van der Waals surface area (Å²) in [5.74, 6) is -0.564. The van der Waals surface area contributed by atoms with E-state index in [0.29, 0.717) is 23.9 Å². The van der Waals surface area contributed by atoms with Gasteiger partial charge in [-0.3, -0.25) is 14.2 Å². The average molecular weight is 1130 g/mol. The summed E-state index contributed by atoms with van der Waals surface area (Å²) >= 11 is 0. The predicted molar refractivity (Wildman–Crippen MR) is 339 cm³/mol. The number of unbranched alkanes of at least 4 members (excludes halogenated alkanes) is 31. The van der Waals surface area contributed by atoms with Crippen LogP contribution in [0.1, 0.15) is 290 Å². The first-order chi connectivity index (χ1) is 38.4. The molecule has 1 amide bonds. The maximum absolute atomic E-state index is 13.6. The molecule has 0 bridgehead atoms. The van der Waals surface area contributed by atoms with Crippen LogP contribution in [0, 0.1) is 0 Å². The van der Waals surface area contributed by atoms with Gasteiger partial charge in [0.1, 0.15) is 19.3 Å². The van der Waals surface area contributed by atoms with E-state index in [1.807, 2.05) is 33.3 Å². The molecule has 0 aliphatic carbocycles. The SMILES string of the molecule is CC/C=C\C/C=C\C/C=C\C/C=C\C/C=C\C/C=C\CCCCCCC(=O)OC(/C=C/CCCCCCCCCCCCC)C(COP(=O)([O-])OCC[N+](C)(C)C)NC(=O)CCCCCCCCCCCCCCCCCCC. The number of nitrogens with zero attached hydrogens (tertiary/aromatic N) is 1. The van der Waals surface area contributed by atoms with Gasteiger partial charge in [0, 0.05) is 12.8 Å². The van der Waals surface area contributed by atoms with E-state index in [-0.39, 0.29) is 24.9 Å². The first-order valence-electron chi connectivity index (χ1n) is 32.9. The molecule has 3 unspecified atom stereocenters. The number of ether oxygens (including phenoxy) is 1. The van der Waals surface area contributed by atoms with E-state index in [9.17, 15) is 19.0 Å². The third-order valence-corrected chi connectivity index (χ3v) is 15.3. The molecule has 9 nitrogen and oxygen atoms in total. The van der Waals surface area contributed by atoms with Crippen LogP contribution in [0.3, 0.4) is 0 Å². The third kappa shape index (κ3) is 59.6. The number of hydrogen-bond acceptors (Lipinski definition) is 7. The number of nitrogens with one attached hydrogen (secondary N) is 1. The first-order valence-corrected chi connectivity index (χ1v) is 34.4. The molecule has 0 heterocycles. The highest BCUT2D eigenvalue weighted by Crippen LogP contribution is 2.38. The molecule has 0 radical (unpaired) electrons. The van der Waals surface area contributed by atoms with Gasteiger partial charge >= 0.3 is 5.97 Å². The summed E-state index contributed by atoms with van der Waals surface area (Å²) in [4.78, 5) is 40.1. The average Bonchev–Trinajstić information content (AvgIpc) is 3.41. The number of phosphoric acid groups is 1. The summed E-state index contributed by atoms with van der Waals surface area (Å²) in [6.45, 7) is 6.74. The zero-order valence-electron chi connectivity index (χ0n) is 52.3. The van der Waals surface area contributed by atoms with E-state index >= 15 is 0 Å². The van der Waals surface area contributed by atoms with Crippen LogP contribution in [0.5, 0.6) is 0 Å². The van der Waals surface area contributed by atoms with Crippen molar-refractivity contribution in [1.82, 2.24) is 5.32 Å². The Bertz CT molecular complexity index is 1630. The standard InChI is InChI=1S/C69H125N2O7P/c1-7-10-13-16-19-22-25-28-30-32-33-34-35-36-37-39-41-44-47-50-53-56-59-62-69(73)78-67(60-57-54-51-48-45-42-27-24-21-18-15-12-9-3)66(65-77-79(74,75)76-64-63-71(4,5)6)70-68(72)61-58-55-52-49-46-43-40-38-31-29-26-23-20-17-14-11-8-2/h10,13,19,22,28,30,33-34,36-37,41,44,57,60,66-67H,7-9,11-12,14-18,20-21,23-27,29,31-32,35,38-40,42-43,45-56,58-59,61-65H2,1-6H3,(H-,70,72,74,75)/b13-10-,22-19-,30-28-,34-33-,37-36-,44-41-,60-57+. The van der Waals surface area contributed by atoms with E-state index < -0.39 is 26.6 Å². The second kappa shape index (κ2) is 58.4. The highest BCUT2D eigenvalue weighted by molar-refractivity contribution is 7.45. The molecular weight excluding hydrogens is 1000 g/mol. The Labute approximate surface area is 488 Å². The molecule has 0 aliphatic rings. The van der Waals surface area contributed by atoms with Crippen molar-refractivity contribution in [2.75, 3.05) is 40.9 Å². The molecule has 0 fully saturated rings. The van der Waals surface area contributed by atoms with Crippen LogP contribution in [0.15, 0.2) is 85.1 Å². The van der Waals surface area contributed by atoms with E-state index in [4.69, 9.17) is 13.8 Å². The Morgan fingerprint density at radius 3 is 1.22 bits per heavy atom. The Balaban J connectivity index is 5.27. The van der Waals surface area contributed by atoms with Gasteiger partial charge in [0.25, 0.3) is 7.82 Å². The summed E-state index contributed by atoms with van der Waals surface area (Å²) < 4.78 is 30.4. The fraction of sp³-hybridized carbons (Fsp3) is 0.768. The zero-order valence-corrected chi connectivity index (χ0v) is 53.2. The van der Waals surface area contributed by atoms with E-state index in [0.717, 1.165) is 103 Å². The molecule has 0 aromatic heterocycles. The Morgan fingerprint density at radius 2 is 0.810 bits per heavy atom. The number of amides is 1. The highest BCUT2D eigenvalue weighted by Gasteiger charge is 2.27. The lowest BCUT2D eigenvalue weighted by Crippen LogP contribution is -2.47. The maximum atomic E-state index is 13.6. The van der Waals surface area contributed by atoms with Gasteiger partial charge in [-0.05, 0) is 83.1 Å². The normalized spacial score (nSPS) is 14.2. The van der Waals surface area contributed by atoms with Crippen LogP contribution in [0.2, 0.25) is 0 Å². The van der Waals surface area contributed by atoms with Crippen molar-refractivity contribution in [2.24, 2.45) is 0 Å². The second-order valence-electron chi connectivity index (χ2n) is 23.2. The van der Waals surface area contributed by atoms with Crippen LogP contribution >= 0.6 is 7.82 Å². The molecule has 0 aromatic carbocycles. The van der Waals surface area contributed by atoms with Gasteiger partial charge in [-0.25, -0.2) is 0 Å². The minimum atomic E-state index is -4.71. The van der Waals surface area contributed by atoms with Crippen molar-refractivity contribution < 1.29 is 37.3 Å². The fourth-order valence-electron chi connectivity index (χ4n) is 9.29. The fourth-order valence-corrected chi connectivity index (χ4v) is 10.0. The van der Waals surface area contributed by atoms with Gasteiger partial charge in [-0.2, -0.15) is 0 Å². The molecule has 0 aromatic rings. The quantitative estimate of drug-likeness (QED) is 0.0212. The number of rotatable bonds is 59. The summed E-state index contributed by atoms with van der Waals surface area (Å²) in [5.41, 5.74) is 0. The molecule has 79 heavy (non-hydrogen) atoms. The molecule has 0 rings (SSSR count). The van der Waals surface area contributed by atoms with Gasteiger partial charge in [-0.15, -0.1) is 0 Å². The molecule has 1 N–H and O–H groups in total. The van der Waals surface area contributed by atoms with Crippen molar-refractivity contribution in [1.29, 1.82) is 0 Å². The summed E-state index contributed by atoms with van der Waals surface area (Å²) in [6.07, 6.45) is 76.9. The zero-order chi connectivity index (χ0) is 57.9. The Morgan fingerprint density at radius 1 is 0.456 bits per heavy atom. The largest absolute Gasteiger partial charge is 0.756 e. The first kappa shape index (κ1) is 76.2. The van der Waals surface area contributed by atoms with Crippen LogP contribution in [0.4, 0.5) is 0 Å². The number of allylic oxidation sites excluding steroid dienone is 13. The lowest BCUT2D eigenvalue weighted by atomic mass is 10.0. The number of hydrogen-bond donors (Lipinski definition) is 1. The van der Waals surface area contributed by atoms with Gasteiger partial charge in [-0.1, -0.05) is 280 Å². The van der Waals surface area contributed by atoms with Crippen molar-refractivity contribution >= 4 is 19.7 Å². The summed E-state index contributed by atoms with van der Waals surface area (Å²) in [6, 6.07) is -0.901. The summed E-state index contributed by atoms with van der Waals surface area (Å²) in [7, 11) is 1.17. The molecule has 458 valence electrons. The molecule has 0 saturated heterocycles. The van der Waals surface area contributed by atoms with E-state index in [2.05, 4.69) is 99.0 Å². The highest BCUT2D eigenvalue weighted by atomic mass is 31.2. The lowest BCUT2D eigenvalue weighted by molar-refractivity contribution is -0.870. The van der Waals surface area contributed by atoms with Crippen LogP contribution in [0.25, 0.3) is 0 Å². The van der Waals surface area contributed by atoms with E-state index in [1.54, 1.807) is 0 Å². The van der Waals surface area contributed by atoms with Gasteiger partial charge in [0.05, 0.1) is 33.8 Å². The number of phosphoric ester groups is 1. The molecule has 0 spiro atoms. The number of esters is 1. The number of carbonyl (C=O) groups excluding carboxylic acids is 2. The van der Waals surface area contributed by atoms with Crippen molar-refractivity contribution in [2.45, 2.75) is 303 Å². The second-order valence-corrected chi connectivity index (χ2v) is 24.7. The smallest absolute Gasteiger partial charge is 0.306 e. The van der Waals surface area contributed by atoms with Crippen LogP contribution in [-0.4, -0.2) is 69.4 Å². The Hall–Kier alpha value is -2.81. The maximum Gasteiger partial charge on any atom is 0.306 e. The lowest BCUT2D eigenvalue weighted by Gasteiger charge is -2.30. The monoisotopic (exact) mass is 1120 g/mol. The molecular formula is C69H125N2O7P. The molecule has 3 atom stereocenters. The molecule has 0 aliphatic heterocycles. The molecule has 10 heteroatoms. The van der Waals surface area contributed by atoms with Gasteiger partial charge in [0.15, 0.2) is 0 Å². The van der Waals surface area contributed by atoms with Crippen LogP contribution < -0.4 is 10.2 Å². The number of quaternary nitrogens is 1. The summed E-state index contributed by atoms with van der Waals surface area (Å²) in [5, 5.41) is 3.03. The number of likely N-dealkylation sites (N-methyl/N-ethyl adjacent to an activating group) is 1. The minimum absolute atomic E-state index is 0.0285. The molecule has 0 saturated carbocycles. The predicted octanol–water partition coefficient (Wildman–Crippen LogP) is 19.9. The van der Waals surface area contributed by atoms with Crippen LogP contribution in [-0.2, 0) is 27.9 Å². The van der Waals surface area contributed by atoms with Gasteiger partial charge < -0.3 is 28.5 Å². The minimum Gasteiger partial charge on any atom is -0.756 e. The van der Waals surface area contributed by atoms with Crippen molar-refractivity contribution in [3.05, 3.63) is 85.1 Å². The van der Waals surface area contributed by atoms with Crippen molar-refractivity contribution in [3.63, 3.8) is 0 Å². The van der Waals surface area contributed by atoms with Gasteiger partial charge in [0.2, 0.25) is 5.91 Å². The Kier molecular flexibility index (Phi) is 56.3. The van der Waals surface area contributed by atoms with E-state index in [1.165, 1.54) is 148 Å². The number of carbonyl (C=O) groups is 2.